The van der Waals surface area contributed by atoms with Crippen LogP contribution in [-0.2, 0) is 29.1 Å². The quantitative estimate of drug-likeness (QED) is 0.665. The summed E-state index contributed by atoms with van der Waals surface area (Å²) in [4.78, 5) is 6.43. The summed E-state index contributed by atoms with van der Waals surface area (Å²) in [5.74, 6) is 0. The number of aromatic nitrogens is 4. The minimum absolute atomic E-state index is 0.155. The molecule has 2 aromatic heterocycles. The molecule has 4 heterocycles. The highest BCUT2D eigenvalue weighted by molar-refractivity contribution is 5.08. The molecule has 2 saturated heterocycles. The first kappa shape index (κ1) is 18.5. The Hall–Kier alpha value is -1.91. The Morgan fingerprint density at radius 2 is 2.19 bits per heavy atom. The highest BCUT2D eigenvalue weighted by atomic mass is 16.5. The zero-order valence-corrected chi connectivity index (χ0v) is 15.3. The zero-order valence-electron chi connectivity index (χ0n) is 15.3. The van der Waals surface area contributed by atoms with Crippen LogP contribution in [0.3, 0.4) is 0 Å². The third-order valence-corrected chi connectivity index (χ3v) is 5.00. The summed E-state index contributed by atoms with van der Waals surface area (Å²) < 4.78 is 13.0. The number of hydrogen-bond acceptors (Lipinski definition) is 8. The molecule has 4 rings (SSSR count). The van der Waals surface area contributed by atoms with E-state index in [1.165, 1.54) is 0 Å². The number of ether oxygens (including phenoxy) is 2. The number of nitrogens with zero attached hydrogens (tertiary/aromatic N) is 5. The zero-order chi connectivity index (χ0) is 18.5. The van der Waals surface area contributed by atoms with E-state index in [9.17, 15) is 5.11 Å². The van der Waals surface area contributed by atoms with E-state index in [-0.39, 0.29) is 12.1 Å². The van der Waals surface area contributed by atoms with E-state index in [2.05, 4.69) is 25.5 Å². The molecular formula is C18H26N6O3. The van der Waals surface area contributed by atoms with E-state index < -0.39 is 6.10 Å². The van der Waals surface area contributed by atoms with Crippen molar-refractivity contribution in [3.05, 3.63) is 42.0 Å². The average molecular weight is 374 g/mol. The molecule has 0 spiro atoms. The molecule has 0 unspecified atom stereocenters. The van der Waals surface area contributed by atoms with Gasteiger partial charge in [-0.3, -0.25) is 9.88 Å². The van der Waals surface area contributed by atoms with Crippen LogP contribution in [0.2, 0.25) is 0 Å². The largest absolute Gasteiger partial charge is 0.389 e. The Morgan fingerprint density at radius 3 is 3.00 bits per heavy atom. The Labute approximate surface area is 158 Å². The van der Waals surface area contributed by atoms with E-state index in [4.69, 9.17) is 9.47 Å². The summed E-state index contributed by atoms with van der Waals surface area (Å²) in [5, 5.41) is 22.2. The molecular weight excluding hydrogens is 348 g/mol. The Kier molecular flexibility index (Phi) is 6.05. The standard InChI is InChI=1S/C18H26N6O3/c25-16-13-27-17(18(16)20-9-14-2-1-3-19-8-14)12-24-11-15(21-22-24)10-23-4-6-26-7-5-23/h1-3,8,11,16-18,20,25H,4-7,9-10,12-13H2/t16-,17+,18+/m0/s1. The van der Waals surface area contributed by atoms with Crippen molar-refractivity contribution in [1.29, 1.82) is 0 Å². The smallest absolute Gasteiger partial charge is 0.0967 e. The third kappa shape index (κ3) is 4.88. The van der Waals surface area contributed by atoms with Crippen molar-refractivity contribution in [2.24, 2.45) is 0 Å². The molecule has 2 N–H and O–H groups in total. The molecule has 0 saturated carbocycles. The molecule has 9 nitrogen and oxygen atoms in total. The maximum absolute atomic E-state index is 10.3. The molecule has 27 heavy (non-hydrogen) atoms. The van der Waals surface area contributed by atoms with Gasteiger partial charge in [0.25, 0.3) is 0 Å². The number of aliphatic hydroxyl groups is 1. The predicted molar refractivity (Wildman–Crippen MR) is 96.7 cm³/mol. The van der Waals surface area contributed by atoms with Crippen molar-refractivity contribution in [2.45, 2.75) is 37.9 Å². The molecule has 146 valence electrons. The van der Waals surface area contributed by atoms with Gasteiger partial charge in [-0.2, -0.15) is 0 Å². The summed E-state index contributed by atoms with van der Waals surface area (Å²) in [6, 6.07) is 3.76. The lowest BCUT2D eigenvalue weighted by Crippen LogP contribution is -2.45. The van der Waals surface area contributed by atoms with Gasteiger partial charge in [0.05, 0.1) is 50.3 Å². The van der Waals surface area contributed by atoms with Crippen LogP contribution in [0, 0.1) is 0 Å². The molecule has 0 aliphatic carbocycles. The summed E-state index contributed by atoms with van der Waals surface area (Å²) in [6.45, 7) is 5.67. The van der Waals surface area contributed by atoms with Crippen molar-refractivity contribution in [3.63, 3.8) is 0 Å². The van der Waals surface area contributed by atoms with Gasteiger partial charge in [0.1, 0.15) is 0 Å². The third-order valence-electron chi connectivity index (χ3n) is 5.00. The molecule has 0 aromatic carbocycles. The van der Waals surface area contributed by atoms with Gasteiger partial charge >= 0.3 is 0 Å². The van der Waals surface area contributed by atoms with Crippen molar-refractivity contribution < 1.29 is 14.6 Å². The Morgan fingerprint density at radius 1 is 1.30 bits per heavy atom. The van der Waals surface area contributed by atoms with E-state index in [0.717, 1.165) is 44.1 Å². The second kappa shape index (κ2) is 8.85. The van der Waals surface area contributed by atoms with Crippen LogP contribution >= 0.6 is 0 Å². The van der Waals surface area contributed by atoms with Gasteiger partial charge in [0, 0.05) is 44.8 Å². The van der Waals surface area contributed by atoms with Crippen molar-refractivity contribution >= 4 is 0 Å². The van der Waals surface area contributed by atoms with Crippen LogP contribution in [0.25, 0.3) is 0 Å². The van der Waals surface area contributed by atoms with Crippen LogP contribution in [-0.4, -0.2) is 81.1 Å². The SMILES string of the molecule is O[C@H]1CO[C@H](Cn2cc(CN3CCOCC3)nn2)[C@@H]1NCc1cccnc1. The van der Waals surface area contributed by atoms with Gasteiger partial charge in [-0.15, -0.1) is 5.10 Å². The molecule has 2 aromatic rings. The number of morpholine rings is 1. The maximum atomic E-state index is 10.3. The van der Waals surface area contributed by atoms with Gasteiger partial charge in [-0.05, 0) is 11.6 Å². The Balaban J connectivity index is 1.32. The maximum Gasteiger partial charge on any atom is 0.0967 e. The monoisotopic (exact) mass is 374 g/mol. The van der Waals surface area contributed by atoms with E-state index >= 15 is 0 Å². The highest BCUT2D eigenvalue weighted by Crippen LogP contribution is 2.17. The fourth-order valence-corrected chi connectivity index (χ4v) is 3.52. The van der Waals surface area contributed by atoms with Crippen molar-refractivity contribution in [2.75, 3.05) is 32.9 Å². The van der Waals surface area contributed by atoms with Crippen LogP contribution in [0.5, 0.6) is 0 Å². The second-order valence-corrected chi connectivity index (χ2v) is 7.03. The number of hydrogen-bond donors (Lipinski definition) is 2. The number of rotatable bonds is 7. The van der Waals surface area contributed by atoms with Crippen LogP contribution < -0.4 is 5.32 Å². The van der Waals surface area contributed by atoms with Gasteiger partial charge in [0.2, 0.25) is 0 Å². The normalized spacial score (nSPS) is 26.5. The molecule has 0 amide bonds. The Bertz CT molecular complexity index is 706. The van der Waals surface area contributed by atoms with E-state index in [0.29, 0.717) is 19.7 Å². The number of pyridine rings is 1. The highest BCUT2D eigenvalue weighted by Gasteiger charge is 2.36. The topological polar surface area (TPSA) is 97.6 Å². The van der Waals surface area contributed by atoms with Crippen LogP contribution in [0.4, 0.5) is 0 Å². The van der Waals surface area contributed by atoms with Gasteiger partial charge < -0.3 is 19.9 Å². The lowest BCUT2D eigenvalue weighted by molar-refractivity contribution is 0.0336. The summed E-state index contributed by atoms with van der Waals surface area (Å²) in [5.41, 5.74) is 2.01. The summed E-state index contributed by atoms with van der Waals surface area (Å²) in [7, 11) is 0. The molecule has 3 atom stereocenters. The molecule has 2 aliphatic rings. The summed E-state index contributed by atoms with van der Waals surface area (Å²) >= 11 is 0. The minimum atomic E-state index is -0.539. The number of nitrogens with one attached hydrogen (secondary N) is 1. The van der Waals surface area contributed by atoms with Gasteiger partial charge in [-0.1, -0.05) is 11.3 Å². The minimum Gasteiger partial charge on any atom is -0.389 e. The molecule has 0 radical (unpaired) electrons. The van der Waals surface area contributed by atoms with Gasteiger partial charge in [0.15, 0.2) is 0 Å². The summed E-state index contributed by atoms with van der Waals surface area (Å²) in [6.07, 6.45) is 4.83. The first-order valence-electron chi connectivity index (χ1n) is 9.39. The second-order valence-electron chi connectivity index (χ2n) is 7.03. The predicted octanol–water partition coefficient (Wildman–Crippen LogP) is -0.577. The number of aliphatic hydroxyl groups excluding tert-OH is 1. The molecule has 2 aliphatic heterocycles. The lowest BCUT2D eigenvalue weighted by atomic mass is 10.1. The fourth-order valence-electron chi connectivity index (χ4n) is 3.52. The van der Waals surface area contributed by atoms with E-state index in [1.54, 1.807) is 10.9 Å². The molecule has 9 heteroatoms. The van der Waals surface area contributed by atoms with Crippen molar-refractivity contribution in [1.82, 2.24) is 30.2 Å². The first-order chi connectivity index (χ1) is 13.3. The lowest BCUT2D eigenvalue weighted by Gasteiger charge is -2.25. The van der Waals surface area contributed by atoms with Gasteiger partial charge in [-0.25, -0.2) is 4.68 Å². The first-order valence-corrected chi connectivity index (χ1v) is 9.39. The van der Waals surface area contributed by atoms with E-state index in [1.807, 2.05) is 24.5 Å². The van der Waals surface area contributed by atoms with Crippen LogP contribution in [0.1, 0.15) is 11.3 Å². The molecule has 0 bridgehead atoms. The van der Waals surface area contributed by atoms with Crippen LogP contribution in [0.15, 0.2) is 30.7 Å². The average Bonchev–Trinajstić information content (AvgIpc) is 3.28. The molecule has 2 fully saturated rings. The van der Waals surface area contributed by atoms with Crippen molar-refractivity contribution in [3.8, 4) is 0 Å². The fraction of sp³-hybridized carbons (Fsp3) is 0.611.